The summed E-state index contributed by atoms with van der Waals surface area (Å²) in [6, 6.07) is 7.25. The summed E-state index contributed by atoms with van der Waals surface area (Å²) in [5.74, 6) is 0.289. The molecule has 128 valence electrons. The van der Waals surface area contributed by atoms with Crippen LogP contribution >= 0.6 is 24.0 Å². The number of benzene rings is 1. The maximum atomic E-state index is 11.2. The Morgan fingerprint density at radius 1 is 1.43 bits per heavy atom. The number of guanidine groups is 1. The molecular weight excluding hydrogens is 407 g/mol. The van der Waals surface area contributed by atoms with Gasteiger partial charge in [0.2, 0.25) is 5.91 Å². The highest BCUT2D eigenvalue weighted by molar-refractivity contribution is 14.0. The van der Waals surface area contributed by atoms with Crippen LogP contribution in [0.4, 0.5) is 0 Å². The van der Waals surface area contributed by atoms with E-state index in [-0.39, 0.29) is 29.6 Å². The molecule has 1 aliphatic heterocycles. The Kier molecular flexibility index (Phi) is 7.77. The zero-order valence-electron chi connectivity index (χ0n) is 13.6. The van der Waals surface area contributed by atoms with Gasteiger partial charge in [-0.1, -0.05) is 12.1 Å². The molecule has 23 heavy (non-hydrogen) atoms. The molecule has 1 fully saturated rings. The lowest BCUT2D eigenvalue weighted by molar-refractivity contribution is 0.0243. The quantitative estimate of drug-likeness (QED) is 0.375. The van der Waals surface area contributed by atoms with Crippen molar-refractivity contribution in [3.63, 3.8) is 0 Å². The van der Waals surface area contributed by atoms with Crippen LogP contribution in [0.1, 0.15) is 35.7 Å². The Morgan fingerprint density at radius 3 is 2.83 bits per heavy atom. The van der Waals surface area contributed by atoms with Crippen molar-refractivity contribution in [2.45, 2.75) is 31.9 Å². The van der Waals surface area contributed by atoms with Crippen molar-refractivity contribution in [1.29, 1.82) is 0 Å². The fourth-order valence-corrected chi connectivity index (χ4v) is 2.49. The average molecular weight is 432 g/mol. The van der Waals surface area contributed by atoms with Crippen LogP contribution in [-0.2, 0) is 11.3 Å². The molecule has 1 unspecified atom stereocenters. The minimum Gasteiger partial charge on any atom is -0.373 e. The molecule has 1 aromatic carbocycles. The van der Waals surface area contributed by atoms with Crippen molar-refractivity contribution >= 4 is 35.8 Å². The first-order valence-corrected chi connectivity index (χ1v) is 7.50. The molecule has 0 aliphatic carbocycles. The van der Waals surface area contributed by atoms with Gasteiger partial charge in [0.25, 0.3) is 0 Å². The van der Waals surface area contributed by atoms with Crippen LogP contribution in [0.3, 0.4) is 0 Å². The van der Waals surface area contributed by atoms with E-state index in [4.69, 9.17) is 10.5 Å². The minimum absolute atomic E-state index is 0. The number of carbonyl (C=O) groups is 1. The van der Waals surface area contributed by atoms with E-state index in [9.17, 15) is 4.79 Å². The van der Waals surface area contributed by atoms with Crippen LogP contribution in [0.2, 0.25) is 0 Å². The Hall–Kier alpha value is -1.35. The molecule has 4 N–H and O–H groups in total. The van der Waals surface area contributed by atoms with Crippen LogP contribution in [-0.4, -0.2) is 37.7 Å². The van der Waals surface area contributed by atoms with Crippen molar-refractivity contribution in [3.8, 4) is 0 Å². The van der Waals surface area contributed by atoms with Gasteiger partial charge in [-0.25, -0.2) is 0 Å². The molecule has 1 amide bonds. The largest absolute Gasteiger partial charge is 0.373 e. The van der Waals surface area contributed by atoms with Crippen LogP contribution in [0.5, 0.6) is 0 Å². The van der Waals surface area contributed by atoms with E-state index in [0.717, 1.165) is 25.0 Å². The highest BCUT2D eigenvalue weighted by Crippen LogP contribution is 2.23. The Bertz CT molecular complexity index is 557. The lowest BCUT2D eigenvalue weighted by Gasteiger charge is -2.24. The molecule has 2 rings (SSSR count). The number of rotatable bonds is 5. The predicted octanol–water partition coefficient (Wildman–Crippen LogP) is 1.64. The van der Waals surface area contributed by atoms with Gasteiger partial charge in [0.1, 0.15) is 0 Å². The number of amides is 1. The van der Waals surface area contributed by atoms with Gasteiger partial charge < -0.3 is 21.1 Å². The van der Waals surface area contributed by atoms with E-state index >= 15 is 0 Å². The first-order chi connectivity index (χ1) is 10.5. The summed E-state index contributed by atoms with van der Waals surface area (Å²) in [6.07, 6.45) is 2.15. The molecule has 0 aromatic heterocycles. The second kappa shape index (κ2) is 9.07. The maximum absolute atomic E-state index is 11.2. The molecule has 0 spiro atoms. The first-order valence-electron chi connectivity index (χ1n) is 7.50. The smallest absolute Gasteiger partial charge is 0.248 e. The first kappa shape index (κ1) is 19.7. The summed E-state index contributed by atoms with van der Waals surface area (Å²) in [6.45, 7) is 4.22. The van der Waals surface area contributed by atoms with E-state index in [1.165, 1.54) is 0 Å². The van der Waals surface area contributed by atoms with Crippen molar-refractivity contribution < 1.29 is 9.53 Å². The SMILES string of the molecule is CN=C(NCc1cccc(C(N)=O)c1)NCC1(C)CCCO1.I. The zero-order chi connectivity index (χ0) is 16.0. The van der Waals surface area contributed by atoms with Gasteiger partial charge in [-0.15, -0.1) is 24.0 Å². The normalized spacial score (nSPS) is 20.7. The van der Waals surface area contributed by atoms with E-state index in [1.54, 1.807) is 19.2 Å². The topological polar surface area (TPSA) is 88.7 Å². The molecule has 1 saturated heterocycles. The third-order valence-corrected chi connectivity index (χ3v) is 3.83. The predicted molar refractivity (Wildman–Crippen MR) is 102 cm³/mol. The number of nitrogens with two attached hydrogens (primary N) is 1. The molecule has 1 atom stereocenters. The number of hydrogen-bond donors (Lipinski definition) is 3. The Balaban J connectivity index is 0.00000264. The molecule has 0 bridgehead atoms. The van der Waals surface area contributed by atoms with Crippen LogP contribution in [0.25, 0.3) is 0 Å². The summed E-state index contributed by atoms with van der Waals surface area (Å²) >= 11 is 0. The lowest BCUT2D eigenvalue weighted by atomic mass is 10.0. The van der Waals surface area contributed by atoms with Gasteiger partial charge in [-0.2, -0.15) is 0 Å². The Labute approximate surface area is 154 Å². The number of hydrogen-bond acceptors (Lipinski definition) is 3. The van der Waals surface area contributed by atoms with E-state index in [2.05, 4.69) is 22.5 Å². The van der Waals surface area contributed by atoms with Crippen LogP contribution in [0.15, 0.2) is 29.3 Å². The van der Waals surface area contributed by atoms with Gasteiger partial charge in [0.05, 0.1) is 5.60 Å². The number of carbonyl (C=O) groups excluding carboxylic acids is 1. The third kappa shape index (κ3) is 5.98. The summed E-state index contributed by atoms with van der Waals surface area (Å²) in [5, 5.41) is 6.51. The summed E-state index contributed by atoms with van der Waals surface area (Å²) in [4.78, 5) is 15.4. The molecular formula is C16H25IN4O2. The van der Waals surface area contributed by atoms with E-state index in [0.29, 0.717) is 24.6 Å². The number of aliphatic imine (C=N–C) groups is 1. The van der Waals surface area contributed by atoms with Gasteiger partial charge in [0, 0.05) is 32.3 Å². The second-order valence-corrected chi connectivity index (χ2v) is 5.75. The fraction of sp³-hybridized carbons (Fsp3) is 0.500. The standard InChI is InChI=1S/C16H24N4O2.HI/c1-16(7-4-8-22-16)11-20-15(18-2)19-10-12-5-3-6-13(9-12)14(17)21;/h3,5-6,9H,4,7-8,10-11H2,1-2H3,(H2,17,21)(H2,18,19,20);1H. The summed E-state index contributed by atoms with van der Waals surface area (Å²) in [7, 11) is 1.73. The summed E-state index contributed by atoms with van der Waals surface area (Å²) < 4.78 is 5.74. The molecule has 0 radical (unpaired) electrons. The van der Waals surface area contributed by atoms with Crippen LogP contribution in [0, 0.1) is 0 Å². The van der Waals surface area contributed by atoms with Crippen molar-refractivity contribution in [2.24, 2.45) is 10.7 Å². The highest BCUT2D eigenvalue weighted by Gasteiger charge is 2.29. The van der Waals surface area contributed by atoms with E-state index < -0.39 is 5.91 Å². The summed E-state index contributed by atoms with van der Waals surface area (Å²) in [5.41, 5.74) is 6.65. The molecule has 1 heterocycles. The molecule has 1 aromatic rings. The lowest BCUT2D eigenvalue weighted by Crippen LogP contribution is -2.45. The molecule has 1 aliphatic rings. The molecule has 7 heteroatoms. The maximum Gasteiger partial charge on any atom is 0.248 e. The van der Waals surface area contributed by atoms with Crippen molar-refractivity contribution in [1.82, 2.24) is 10.6 Å². The van der Waals surface area contributed by atoms with Gasteiger partial charge in [0.15, 0.2) is 5.96 Å². The average Bonchev–Trinajstić information content (AvgIpc) is 2.95. The molecule has 6 nitrogen and oxygen atoms in total. The zero-order valence-corrected chi connectivity index (χ0v) is 15.9. The van der Waals surface area contributed by atoms with Gasteiger partial charge >= 0.3 is 0 Å². The number of primary amides is 1. The number of ether oxygens (including phenoxy) is 1. The second-order valence-electron chi connectivity index (χ2n) is 5.75. The van der Waals surface area contributed by atoms with Gasteiger partial charge in [-0.05, 0) is 37.5 Å². The van der Waals surface area contributed by atoms with Crippen molar-refractivity contribution in [2.75, 3.05) is 20.2 Å². The third-order valence-electron chi connectivity index (χ3n) is 3.83. The van der Waals surface area contributed by atoms with Crippen molar-refractivity contribution in [3.05, 3.63) is 35.4 Å². The minimum atomic E-state index is -0.421. The van der Waals surface area contributed by atoms with E-state index in [1.807, 2.05) is 12.1 Å². The number of halogens is 1. The number of nitrogens with zero attached hydrogens (tertiary/aromatic N) is 1. The number of nitrogens with one attached hydrogen (secondary N) is 2. The highest BCUT2D eigenvalue weighted by atomic mass is 127. The monoisotopic (exact) mass is 432 g/mol. The fourth-order valence-electron chi connectivity index (χ4n) is 2.49. The molecule has 0 saturated carbocycles. The van der Waals surface area contributed by atoms with Crippen LogP contribution < -0.4 is 16.4 Å². The Morgan fingerprint density at radius 2 is 2.22 bits per heavy atom. The van der Waals surface area contributed by atoms with Gasteiger partial charge in [-0.3, -0.25) is 9.79 Å².